The number of carbonyl (C=O) groups is 3. The van der Waals surface area contributed by atoms with Gasteiger partial charge in [-0.3, -0.25) is 9.59 Å². The third-order valence-electron chi connectivity index (χ3n) is 5.48. The minimum Gasteiger partial charge on any atom is -0.444 e. The van der Waals surface area contributed by atoms with E-state index >= 15 is 0 Å². The number of ether oxygens (including phenoxy) is 1. The molecule has 7 nitrogen and oxygen atoms in total. The molecule has 0 heterocycles. The van der Waals surface area contributed by atoms with Crippen molar-refractivity contribution in [2.24, 2.45) is 5.92 Å². The van der Waals surface area contributed by atoms with Crippen LogP contribution in [-0.2, 0) is 14.3 Å². The maximum Gasteiger partial charge on any atom is 0.408 e. The molecular formula is C28H47N3O4. The molecule has 0 radical (unpaired) electrons. The number of rotatable bonds is 13. The van der Waals surface area contributed by atoms with E-state index in [-0.39, 0.29) is 17.7 Å². The van der Waals surface area contributed by atoms with E-state index < -0.39 is 23.8 Å². The average molecular weight is 490 g/mol. The van der Waals surface area contributed by atoms with Gasteiger partial charge in [0.15, 0.2) is 0 Å². The van der Waals surface area contributed by atoms with E-state index in [1.165, 1.54) is 0 Å². The maximum atomic E-state index is 13.9. The number of benzene rings is 1. The van der Waals surface area contributed by atoms with Crippen LogP contribution in [0.1, 0.15) is 97.7 Å². The summed E-state index contributed by atoms with van der Waals surface area (Å²) in [6.45, 7) is 16.4. The first kappa shape index (κ1) is 30.5. The van der Waals surface area contributed by atoms with E-state index in [0.29, 0.717) is 25.9 Å². The zero-order valence-corrected chi connectivity index (χ0v) is 23.1. The normalized spacial score (nSPS) is 13.2. The molecule has 0 fully saturated rings. The second kappa shape index (κ2) is 14.7. The summed E-state index contributed by atoms with van der Waals surface area (Å²) in [7, 11) is 0. The lowest BCUT2D eigenvalue weighted by Crippen LogP contribution is -2.53. The quantitative estimate of drug-likeness (QED) is 0.357. The molecule has 1 rings (SSSR count). The summed E-state index contributed by atoms with van der Waals surface area (Å²) >= 11 is 0. The predicted molar refractivity (Wildman–Crippen MR) is 141 cm³/mol. The molecule has 3 amide bonds. The molecule has 198 valence electrons. The predicted octanol–water partition coefficient (Wildman–Crippen LogP) is 5.52. The molecule has 2 atom stereocenters. The second-order valence-corrected chi connectivity index (χ2v) is 10.7. The number of hydrogen-bond acceptors (Lipinski definition) is 4. The summed E-state index contributed by atoms with van der Waals surface area (Å²) < 4.78 is 5.42. The second-order valence-electron chi connectivity index (χ2n) is 10.7. The van der Waals surface area contributed by atoms with E-state index in [1.54, 1.807) is 25.7 Å². The lowest BCUT2D eigenvalue weighted by molar-refractivity contribution is -0.142. The maximum absolute atomic E-state index is 13.9. The molecule has 35 heavy (non-hydrogen) atoms. The fourth-order valence-electron chi connectivity index (χ4n) is 3.86. The number of alkyl carbamates (subject to hydrolysis) is 1. The highest BCUT2D eigenvalue weighted by molar-refractivity contribution is 5.92. The summed E-state index contributed by atoms with van der Waals surface area (Å²) in [6.07, 6.45) is 3.47. The van der Waals surface area contributed by atoms with E-state index in [9.17, 15) is 14.4 Å². The molecule has 0 aromatic heterocycles. The van der Waals surface area contributed by atoms with Crippen LogP contribution >= 0.6 is 0 Å². The molecule has 0 aliphatic rings. The Morgan fingerprint density at radius 3 is 2.14 bits per heavy atom. The first-order valence-corrected chi connectivity index (χ1v) is 13.0. The summed E-state index contributed by atoms with van der Waals surface area (Å²) in [5.74, 6) is -0.323. The van der Waals surface area contributed by atoms with Crippen molar-refractivity contribution in [2.75, 3.05) is 13.1 Å². The van der Waals surface area contributed by atoms with Crippen molar-refractivity contribution in [1.82, 2.24) is 15.5 Å². The first-order valence-electron chi connectivity index (χ1n) is 13.0. The van der Waals surface area contributed by atoms with Gasteiger partial charge in [-0.2, -0.15) is 0 Å². The molecule has 7 heteroatoms. The highest BCUT2D eigenvalue weighted by Crippen LogP contribution is 2.25. The van der Waals surface area contributed by atoms with Gasteiger partial charge >= 0.3 is 6.09 Å². The minimum absolute atomic E-state index is 0.156. The molecule has 0 saturated carbocycles. The fraction of sp³-hybridized carbons (Fsp3) is 0.679. The van der Waals surface area contributed by atoms with Gasteiger partial charge in [0.05, 0.1) is 0 Å². The smallest absolute Gasteiger partial charge is 0.408 e. The number of aryl methyl sites for hydroxylation is 1. The average Bonchev–Trinajstić information content (AvgIpc) is 2.75. The first-order chi connectivity index (χ1) is 16.4. The number of nitrogens with one attached hydrogen (secondary N) is 2. The van der Waals surface area contributed by atoms with Gasteiger partial charge < -0.3 is 20.3 Å². The van der Waals surface area contributed by atoms with E-state index in [0.717, 1.165) is 30.4 Å². The van der Waals surface area contributed by atoms with E-state index in [4.69, 9.17) is 4.74 Å². The van der Waals surface area contributed by atoms with Gasteiger partial charge in [-0.05, 0) is 58.4 Å². The monoisotopic (exact) mass is 489 g/mol. The van der Waals surface area contributed by atoms with Crippen LogP contribution in [0, 0.1) is 12.8 Å². The largest absolute Gasteiger partial charge is 0.444 e. The van der Waals surface area contributed by atoms with Crippen LogP contribution in [0.5, 0.6) is 0 Å². The molecule has 1 aromatic rings. The summed E-state index contributed by atoms with van der Waals surface area (Å²) in [5, 5.41) is 5.80. The van der Waals surface area contributed by atoms with Gasteiger partial charge in [0.25, 0.3) is 0 Å². The Bertz CT molecular complexity index is 799. The summed E-state index contributed by atoms with van der Waals surface area (Å²) in [4.78, 5) is 41.5. The Hall–Kier alpha value is -2.57. The Morgan fingerprint density at radius 1 is 1.00 bits per heavy atom. The third-order valence-corrected chi connectivity index (χ3v) is 5.48. The van der Waals surface area contributed by atoms with Crippen molar-refractivity contribution in [2.45, 2.75) is 105 Å². The van der Waals surface area contributed by atoms with Gasteiger partial charge in [-0.15, -0.1) is 0 Å². The van der Waals surface area contributed by atoms with Crippen LogP contribution in [0.4, 0.5) is 4.79 Å². The molecule has 2 N–H and O–H groups in total. The molecule has 0 saturated heterocycles. The Balaban J connectivity index is 3.32. The number of hydrogen-bond donors (Lipinski definition) is 2. The van der Waals surface area contributed by atoms with Crippen LogP contribution in [0.3, 0.4) is 0 Å². The van der Waals surface area contributed by atoms with Crippen LogP contribution in [0.25, 0.3) is 0 Å². The molecule has 1 aromatic carbocycles. The van der Waals surface area contributed by atoms with Crippen molar-refractivity contribution in [3.63, 3.8) is 0 Å². The topological polar surface area (TPSA) is 87.7 Å². The summed E-state index contributed by atoms with van der Waals surface area (Å²) in [6, 6.07) is 6.13. The number of unbranched alkanes of at least 4 members (excludes halogenated alkanes) is 2. The highest BCUT2D eigenvalue weighted by atomic mass is 16.6. The standard InChI is InChI=1S/C28H47N3O4/c1-9-11-12-17-29-25(32)24(22-15-13-21(5)14-16-22)31(18-10-2)26(33)23(19-20(3)4)30-27(34)35-28(6,7)8/h13-16,20,23-24H,9-12,17-19H2,1-8H3,(H,29,32)(H,30,34). The highest BCUT2D eigenvalue weighted by Gasteiger charge is 2.36. The number of amides is 3. The van der Waals surface area contributed by atoms with Crippen LogP contribution in [0.15, 0.2) is 24.3 Å². The lowest BCUT2D eigenvalue weighted by Gasteiger charge is -2.35. The van der Waals surface area contributed by atoms with Crippen molar-refractivity contribution >= 4 is 17.9 Å². The van der Waals surface area contributed by atoms with Gasteiger partial charge in [-0.25, -0.2) is 4.79 Å². The van der Waals surface area contributed by atoms with Crippen LogP contribution < -0.4 is 10.6 Å². The van der Waals surface area contributed by atoms with Crippen LogP contribution in [0.2, 0.25) is 0 Å². The van der Waals surface area contributed by atoms with Gasteiger partial charge in [0.2, 0.25) is 11.8 Å². The summed E-state index contributed by atoms with van der Waals surface area (Å²) in [5.41, 5.74) is 1.15. The SMILES string of the molecule is CCCCCNC(=O)C(c1ccc(C)cc1)N(CCC)C(=O)C(CC(C)C)NC(=O)OC(C)(C)C. The van der Waals surface area contributed by atoms with E-state index in [1.807, 2.05) is 52.0 Å². The zero-order valence-electron chi connectivity index (χ0n) is 23.1. The number of carbonyl (C=O) groups excluding carboxylic acids is 3. The van der Waals surface area contributed by atoms with Crippen LogP contribution in [-0.4, -0.2) is 47.5 Å². The lowest BCUT2D eigenvalue weighted by atomic mass is 9.98. The number of nitrogens with zero attached hydrogens (tertiary/aromatic N) is 1. The molecule has 0 aliphatic heterocycles. The minimum atomic E-state index is -0.794. The van der Waals surface area contributed by atoms with Crippen molar-refractivity contribution in [3.05, 3.63) is 35.4 Å². The third kappa shape index (κ3) is 11.1. The fourth-order valence-corrected chi connectivity index (χ4v) is 3.86. The Morgan fingerprint density at radius 2 is 1.63 bits per heavy atom. The Kier molecular flexibility index (Phi) is 12.8. The van der Waals surface area contributed by atoms with Gasteiger partial charge in [-0.1, -0.05) is 70.4 Å². The van der Waals surface area contributed by atoms with Crippen molar-refractivity contribution in [3.8, 4) is 0 Å². The molecular weight excluding hydrogens is 442 g/mol. The molecule has 0 bridgehead atoms. The zero-order chi connectivity index (χ0) is 26.6. The van der Waals surface area contributed by atoms with Crippen molar-refractivity contribution in [1.29, 1.82) is 0 Å². The van der Waals surface area contributed by atoms with Crippen molar-refractivity contribution < 1.29 is 19.1 Å². The van der Waals surface area contributed by atoms with Gasteiger partial charge in [0, 0.05) is 13.1 Å². The molecule has 2 unspecified atom stereocenters. The van der Waals surface area contributed by atoms with Gasteiger partial charge in [0.1, 0.15) is 17.7 Å². The molecule has 0 aliphatic carbocycles. The Labute approximate surface area is 212 Å². The molecule has 0 spiro atoms. The van der Waals surface area contributed by atoms with E-state index in [2.05, 4.69) is 17.6 Å².